The molecule has 0 spiro atoms. The maximum absolute atomic E-state index is 12.0. The van der Waals surface area contributed by atoms with E-state index in [0.29, 0.717) is 6.54 Å². The second-order valence-corrected chi connectivity index (χ2v) is 6.19. The number of carbonyl (C=O) groups is 1. The topological polar surface area (TPSA) is 49.3 Å². The van der Waals surface area contributed by atoms with Gasteiger partial charge in [0.1, 0.15) is 0 Å². The molecule has 0 aliphatic heterocycles. The van der Waals surface area contributed by atoms with Gasteiger partial charge in [-0.1, -0.05) is 44.9 Å². The lowest BCUT2D eigenvalue weighted by Crippen LogP contribution is -2.44. The summed E-state index contributed by atoms with van der Waals surface area (Å²) in [7, 11) is 0. The van der Waals surface area contributed by atoms with E-state index < -0.39 is 5.60 Å². The van der Waals surface area contributed by atoms with Crippen LogP contribution in [-0.2, 0) is 4.79 Å². The Hall–Kier alpha value is -0.570. The van der Waals surface area contributed by atoms with Gasteiger partial charge in [0.25, 0.3) is 0 Å². The third-order valence-corrected chi connectivity index (χ3v) is 4.60. The largest absolute Gasteiger partial charge is 0.388 e. The first-order valence-corrected chi connectivity index (χ1v) is 7.70. The average Bonchev–Trinajstić information content (AvgIpc) is 2.62. The van der Waals surface area contributed by atoms with E-state index in [1.54, 1.807) is 0 Å². The van der Waals surface area contributed by atoms with Gasteiger partial charge >= 0.3 is 0 Å². The molecule has 2 aliphatic carbocycles. The molecule has 2 rings (SSSR count). The van der Waals surface area contributed by atoms with Crippen molar-refractivity contribution in [2.24, 2.45) is 5.92 Å². The summed E-state index contributed by atoms with van der Waals surface area (Å²) in [5.41, 5.74) is -0.638. The number of hydrogen-bond donors (Lipinski definition) is 2. The summed E-state index contributed by atoms with van der Waals surface area (Å²) in [6.07, 6.45) is 12.0. The van der Waals surface area contributed by atoms with E-state index in [1.807, 2.05) is 0 Å². The van der Waals surface area contributed by atoms with Crippen LogP contribution in [0.1, 0.15) is 70.6 Å². The van der Waals surface area contributed by atoms with Crippen LogP contribution in [0.5, 0.6) is 0 Å². The summed E-state index contributed by atoms with van der Waals surface area (Å²) in [5.74, 6) is 0.375. The van der Waals surface area contributed by atoms with E-state index >= 15 is 0 Å². The van der Waals surface area contributed by atoms with Gasteiger partial charge in [0.2, 0.25) is 5.91 Å². The van der Waals surface area contributed by atoms with Crippen LogP contribution < -0.4 is 5.32 Å². The van der Waals surface area contributed by atoms with Gasteiger partial charge in [-0.15, -0.1) is 0 Å². The normalized spacial score (nSPS) is 25.4. The van der Waals surface area contributed by atoms with Crippen molar-refractivity contribution < 1.29 is 9.90 Å². The third kappa shape index (κ3) is 3.98. The molecule has 0 aromatic carbocycles. The Labute approximate surface area is 110 Å². The lowest BCUT2D eigenvalue weighted by atomic mass is 9.88. The second kappa shape index (κ2) is 6.55. The molecule has 1 amide bonds. The minimum Gasteiger partial charge on any atom is -0.388 e. The molecule has 0 unspecified atom stereocenters. The highest BCUT2D eigenvalue weighted by Gasteiger charge is 2.29. The summed E-state index contributed by atoms with van der Waals surface area (Å²) in [4.78, 5) is 12.0. The maximum atomic E-state index is 12.0. The number of rotatable bonds is 3. The van der Waals surface area contributed by atoms with Crippen molar-refractivity contribution in [2.45, 2.75) is 76.2 Å². The van der Waals surface area contributed by atoms with Crippen molar-refractivity contribution in [2.75, 3.05) is 6.54 Å². The highest BCUT2D eigenvalue weighted by Crippen LogP contribution is 2.27. The number of aliphatic hydroxyl groups is 1. The monoisotopic (exact) mass is 253 g/mol. The van der Waals surface area contributed by atoms with Crippen molar-refractivity contribution in [3.05, 3.63) is 0 Å². The lowest BCUT2D eigenvalue weighted by molar-refractivity contribution is -0.127. The van der Waals surface area contributed by atoms with Crippen LogP contribution in [0.3, 0.4) is 0 Å². The Balaban J connectivity index is 1.76. The summed E-state index contributed by atoms with van der Waals surface area (Å²) < 4.78 is 0. The number of hydrogen-bond acceptors (Lipinski definition) is 2. The van der Waals surface area contributed by atoms with Gasteiger partial charge in [-0.3, -0.25) is 4.79 Å². The first-order valence-electron chi connectivity index (χ1n) is 7.70. The second-order valence-electron chi connectivity index (χ2n) is 6.19. The predicted molar refractivity (Wildman–Crippen MR) is 72.2 cm³/mol. The molecule has 18 heavy (non-hydrogen) atoms. The van der Waals surface area contributed by atoms with Gasteiger partial charge in [0.05, 0.1) is 5.60 Å². The number of carbonyl (C=O) groups excluding carboxylic acids is 1. The lowest BCUT2D eigenvalue weighted by Gasteiger charge is -2.28. The van der Waals surface area contributed by atoms with Crippen LogP contribution in [0.15, 0.2) is 0 Å². The van der Waals surface area contributed by atoms with E-state index in [0.717, 1.165) is 38.5 Å². The average molecular weight is 253 g/mol. The zero-order valence-electron chi connectivity index (χ0n) is 11.4. The highest BCUT2D eigenvalue weighted by molar-refractivity contribution is 5.78. The molecule has 2 saturated carbocycles. The van der Waals surface area contributed by atoms with E-state index in [4.69, 9.17) is 0 Å². The summed E-state index contributed by atoms with van der Waals surface area (Å²) in [6, 6.07) is 0. The van der Waals surface area contributed by atoms with Crippen molar-refractivity contribution in [3.63, 3.8) is 0 Å². The van der Waals surface area contributed by atoms with Gasteiger partial charge in [-0.25, -0.2) is 0 Å². The summed E-state index contributed by atoms with van der Waals surface area (Å²) in [6.45, 7) is 0.461. The number of nitrogens with one attached hydrogen (secondary N) is 1. The maximum Gasteiger partial charge on any atom is 0.223 e. The molecular weight excluding hydrogens is 226 g/mol. The Kier molecular flexibility index (Phi) is 5.04. The third-order valence-electron chi connectivity index (χ3n) is 4.60. The van der Waals surface area contributed by atoms with E-state index in [9.17, 15) is 9.90 Å². The molecule has 3 nitrogen and oxygen atoms in total. The van der Waals surface area contributed by atoms with Gasteiger partial charge in [0.15, 0.2) is 0 Å². The molecular formula is C15H27NO2. The van der Waals surface area contributed by atoms with Gasteiger partial charge in [-0.05, 0) is 25.7 Å². The fourth-order valence-electron chi connectivity index (χ4n) is 3.32. The SMILES string of the molecule is O=C(NCC1(O)CCCCCC1)C1CCCCC1. The number of amides is 1. The zero-order chi connectivity index (χ0) is 12.8. The fourth-order valence-corrected chi connectivity index (χ4v) is 3.32. The highest BCUT2D eigenvalue weighted by atomic mass is 16.3. The van der Waals surface area contributed by atoms with Crippen molar-refractivity contribution in [1.82, 2.24) is 5.32 Å². The smallest absolute Gasteiger partial charge is 0.223 e. The van der Waals surface area contributed by atoms with Crippen molar-refractivity contribution in [1.29, 1.82) is 0 Å². The Morgan fingerprint density at radius 3 is 2.17 bits per heavy atom. The molecule has 2 fully saturated rings. The molecule has 0 heterocycles. The first kappa shape index (κ1) is 13.9. The standard InChI is InChI=1S/C15H27NO2/c17-14(13-8-4-3-5-9-13)16-12-15(18)10-6-1-2-7-11-15/h13,18H,1-12H2,(H,16,17). The Morgan fingerprint density at radius 1 is 1.00 bits per heavy atom. The van der Waals surface area contributed by atoms with Gasteiger partial charge in [-0.2, -0.15) is 0 Å². The Morgan fingerprint density at radius 2 is 1.56 bits per heavy atom. The molecule has 2 aliphatic rings. The van der Waals surface area contributed by atoms with Gasteiger partial charge in [0, 0.05) is 12.5 Å². The van der Waals surface area contributed by atoms with E-state index in [1.165, 1.54) is 32.1 Å². The van der Waals surface area contributed by atoms with Crippen LogP contribution in [0.4, 0.5) is 0 Å². The Bertz CT molecular complexity index is 264. The predicted octanol–water partition coefficient (Wildman–Crippen LogP) is 2.77. The van der Waals surface area contributed by atoms with Crippen LogP contribution >= 0.6 is 0 Å². The van der Waals surface area contributed by atoms with Crippen LogP contribution in [0.25, 0.3) is 0 Å². The molecule has 104 valence electrons. The zero-order valence-corrected chi connectivity index (χ0v) is 11.4. The van der Waals surface area contributed by atoms with E-state index in [2.05, 4.69) is 5.32 Å². The quantitative estimate of drug-likeness (QED) is 0.760. The molecule has 3 heteroatoms. The van der Waals surface area contributed by atoms with Gasteiger partial charge < -0.3 is 10.4 Å². The summed E-state index contributed by atoms with van der Waals surface area (Å²) >= 11 is 0. The van der Waals surface area contributed by atoms with Crippen LogP contribution in [-0.4, -0.2) is 23.2 Å². The molecule has 0 aromatic heterocycles. The van der Waals surface area contributed by atoms with Crippen molar-refractivity contribution in [3.8, 4) is 0 Å². The molecule has 0 radical (unpaired) electrons. The molecule has 0 bridgehead atoms. The molecule has 0 saturated heterocycles. The molecule has 0 aromatic rings. The van der Waals surface area contributed by atoms with Crippen LogP contribution in [0.2, 0.25) is 0 Å². The van der Waals surface area contributed by atoms with E-state index in [-0.39, 0.29) is 11.8 Å². The molecule has 2 N–H and O–H groups in total. The summed E-state index contributed by atoms with van der Waals surface area (Å²) in [5, 5.41) is 13.5. The first-order chi connectivity index (χ1) is 8.70. The van der Waals surface area contributed by atoms with Crippen LogP contribution in [0, 0.1) is 5.92 Å². The minimum absolute atomic E-state index is 0.173. The van der Waals surface area contributed by atoms with Crippen molar-refractivity contribution >= 4 is 5.91 Å². The fraction of sp³-hybridized carbons (Fsp3) is 0.933. The minimum atomic E-state index is -0.638. The molecule has 0 atom stereocenters.